The van der Waals surface area contributed by atoms with Crippen molar-refractivity contribution in [3.05, 3.63) is 24.2 Å². The van der Waals surface area contributed by atoms with Gasteiger partial charge in [-0.3, -0.25) is 9.69 Å². The van der Waals surface area contributed by atoms with Crippen molar-refractivity contribution in [2.24, 2.45) is 0 Å². The van der Waals surface area contributed by atoms with Crippen molar-refractivity contribution >= 4 is 5.78 Å². The van der Waals surface area contributed by atoms with E-state index in [1.807, 2.05) is 0 Å². The van der Waals surface area contributed by atoms with Gasteiger partial charge in [0, 0.05) is 0 Å². The standard InChI is InChI=1S/C10H13NO2/c12-10(9-3-6-13-8-9)7-11-4-1-2-5-11/h3,6,8H,1-2,4-5,7H2. The second kappa shape index (κ2) is 3.75. The number of carbonyl (C=O) groups is 1. The SMILES string of the molecule is O=C(CN1CCCC1)c1ccoc1. The summed E-state index contributed by atoms with van der Waals surface area (Å²) in [5, 5.41) is 0. The Morgan fingerprint density at radius 3 is 2.85 bits per heavy atom. The van der Waals surface area contributed by atoms with Crippen molar-refractivity contribution in [3.63, 3.8) is 0 Å². The maximum atomic E-state index is 11.6. The lowest BCUT2D eigenvalue weighted by molar-refractivity contribution is 0.0944. The molecule has 1 aliphatic rings. The lowest BCUT2D eigenvalue weighted by Crippen LogP contribution is -2.26. The second-order valence-electron chi connectivity index (χ2n) is 3.42. The molecule has 0 N–H and O–H groups in total. The number of hydrogen-bond acceptors (Lipinski definition) is 3. The van der Waals surface area contributed by atoms with Crippen LogP contribution in [0, 0.1) is 0 Å². The van der Waals surface area contributed by atoms with Crippen LogP contribution < -0.4 is 0 Å². The summed E-state index contributed by atoms with van der Waals surface area (Å²) < 4.78 is 4.86. The van der Waals surface area contributed by atoms with Gasteiger partial charge in [-0.05, 0) is 32.0 Å². The zero-order chi connectivity index (χ0) is 9.10. The van der Waals surface area contributed by atoms with Gasteiger partial charge < -0.3 is 4.42 Å². The van der Waals surface area contributed by atoms with Crippen molar-refractivity contribution in [2.45, 2.75) is 12.8 Å². The Morgan fingerprint density at radius 2 is 2.23 bits per heavy atom. The smallest absolute Gasteiger partial charge is 0.180 e. The molecule has 1 saturated heterocycles. The fraction of sp³-hybridized carbons (Fsp3) is 0.500. The highest BCUT2D eigenvalue weighted by Gasteiger charge is 2.16. The number of ketones is 1. The van der Waals surface area contributed by atoms with E-state index >= 15 is 0 Å². The first kappa shape index (κ1) is 8.51. The van der Waals surface area contributed by atoms with Gasteiger partial charge in [0.15, 0.2) is 5.78 Å². The third-order valence-corrected chi connectivity index (χ3v) is 2.41. The summed E-state index contributed by atoms with van der Waals surface area (Å²) >= 11 is 0. The zero-order valence-corrected chi connectivity index (χ0v) is 7.53. The second-order valence-corrected chi connectivity index (χ2v) is 3.42. The van der Waals surface area contributed by atoms with Gasteiger partial charge in [0.2, 0.25) is 0 Å². The van der Waals surface area contributed by atoms with Crippen LogP contribution in [-0.2, 0) is 0 Å². The summed E-state index contributed by atoms with van der Waals surface area (Å²) in [4.78, 5) is 13.7. The molecule has 0 radical (unpaired) electrons. The average molecular weight is 179 g/mol. The predicted octanol–water partition coefficient (Wildman–Crippen LogP) is 1.56. The lowest BCUT2D eigenvalue weighted by atomic mass is 10.2. The van der Waals surface area contributed by atoms with Gasteiger partial charge in [0.05, 0.1) is 18.4 Å². The average Bonchev–Trinajstić information content (AvgIpc) is 2.74. The van der Waals surface area contributed by atoms with E-state index in [9.17, 15) is 4.79 Å². The summed E-state index contributed by atoms with van der Waals surface area (Å²) in [7, 11) is 0. The fourth-order valence-corrected chi connectivity index (χ4v) is 1.66. The third-order valence-electron chi connectivity index (χ3n) is 2.41. The molecule has 3 nitrogen and oxygen atoms in total. The van der Waals surface area contributed by atoms with E-state index in [0.717, 1.165) is 13.1 Å². The van der Waals surface area contributed by atoms with Crippen LogP contribution in [-0.4, -0.2) is 30.3 Å². The number of hydrogen-bond donors (Lipinski definition) is 0. The molecule has 0 aliphatic carbocycles. The number of furan rings is 1. The van der Waals surface area contributed by atoms with E-state index in [4.69, 9.17) is 4.42 Å². The quantitative estimate of drug-likeness (QED) is 0.660. The number of likely N-dealkylation sites (tertiary alicyclic amines) is 1. The minimum atomic E-state index is 0.163. The molecule has 0 aromatic carbocycles. The highest BCUT2D eigenvalue weighted by Crippen LogP contribution is 2.09. The first-order valence-corrected chi connectivity index (χ1v) is 4.64. The van der Waals surface area contributed by atoms with Crippen LogP contribution in [0.5, 0.6) is 0 Å². The van der Waals surface area contributed by atoms with Crippen LogP contribution in [0.2, 0.25) is 0 Å². The largest absolute Gasteiger partial charge is 0.472 e. The van der Waals surface area contributed by atoms with Crippen LogP contribution in [0.4, 0.5) is 0 Å². The van der Waals surface area contributed by atoms with Crippen molar-refractivity contribution in [1.82, 2.24) is 4.90 Å². The van der Waals surface area contributed by atoms with Crippen molar-refractivity contribution in [1.29, 1.82) is 0 Å². The molecule has 2 rings (SSSR count). The molecule has 0 atom stereocenters. The van der Waals surface area contributed by atoms with Crippen molar-refractivity contribution in [2.75, 3.05) is 19.6 Å². The van der Waals surface area contributed by atoms with Gasteiger partial charge in [-0.25, -0.2) is 0 Å². The maximum Gasteiger partial charge on any atom is 0.180 e. The van der Waals surface area contributed by atoms with E-state index in [2.05, 4.69) is 4.90 Å². The number of carbonyl (C=O) groups excluding carboxylic acids is 1. The number of Topliss-reactive ketones (excluding diaryl/α,β-unsaturated/α-hetero) is 1. The summed E-state index contributed by atoms with van der Waals surface area (Å²) in [6, 6.07) is 1.72. The highest BCUT2D eigenvalue weighted by molar-refractivity contribution is 5.97. The van der Waals surface area contributed by atoms with Crippen LogP contribution in [0.15, 0.2) is 23.0 Å². The Hall–Kier alpha value is -1.09. The molecule has 0 spiro atoms. The Morgan fingerprint density at radius 1 is 1.46 bits per heavy atom. The molecule has 1 fully saturated rings. The summed E-state index contributed by atoms with van der Waals surface area (Å²) in [6.45, 7) is 2.66. The fourth-order valence-electron chi connectivity index (χ4n) is 1.66. The molecule has 0 saturated carbocycles. The first-order valence-electron chi connectivity index (χ1n) is 4.64. The van der Waals surface area contributed by atoms with Gasteiger partial charge >= 0.3 is 0 Å². The summed E-state index contributed by atoms with van der Waals surface area (Å²) in [5.41, 5.74) is 0.687. The van der Waals surface area contributed by atoms with E-state index in [0.29, 0.717) is 12.1 Å². The Labute approximate surface area is 77.3 Å². The molecule has 70 valence electrons. The predicted molar refractivity (Wildman–Crippen MR) is 48.7 cm³/mol. The Bertz CT molecular complexity index is 273. The van der Waals surface area contributed by atoms with Crippen LogP contribution in [0.1, 0.15) is 23.2 Å². The summed E-state index contributed by atoms with van der Waals surface area (Å²) in [6.07, 6.45) is 5.49. The van der Waals surface area contributed by atoms with Gasteiger partial charge in [-0.2, -0.15) is 0 Å². The first-order chi connectivity index (χ1) is 6.36. The Balaban J connectivity index is 1.91. The number of nitrogens with zero attached hydrogens (tertiary/aromatic N) is 1. The zero-order valence-electron chi connectivity index (χ0n) is 7.53. The molecule has 0 bridgehead atoms. The van der Waals surface area contributed by atoms with E-state index < -0.39 is 0 Å². The molecule has 3 heteroatoms. The molecule has 1 aliphatic heterocycles. The van der Waals surface area contributed by atoms with Crippen LogP contribution in [0.25, 0.3) is 0 Å². The minimum absolute atomic E-state index is 0.163. The topological polar surface area (TPSA) is 33.5 Å². The highest BCUT2D eigenvalue weighted by atomic mass is 16.3. The normalized spacial score (nSPS) is 17.8. The van der Waals surface area contributed by atoms with E-state index in [-0.39, 0.29) is 5.78 Å². The Kier molecular flexibility index (Phi) is 2.45. The van der Waals surface area contributed by atoms with Crippen LogP contribution >= 0.6 is 0 Å². The van der Waals surface area contributed by atoms with Gasteiger partial charge in [-0.1, -0.05) is 0 Å². The monoisotopic (exact) mass is 179 g/mol. The molecule has 0 unspecified atom stereocenters. The lowest BCUT2D eigenvalue weighted by Gasteiger charge is -2.11. The molecule has 2 heterocycles. The molecule has 1 aromatic heterocycles. The van der Waals surface area contributed by atoms with Gasteiger partial charge in [-0.15, -0.1) is 0 Å². The third kappa shape index (κ3) is 1.98. The molecular weight excluding hydrogens is 166 g/mol. The molecular formula is C10H13NO2. The van der Waals surface area contributed by atoms with Gasteiger partial charge in [0.25, 0.3) is 0 Å². The molecule has 0 amide bonds. The maximum absolute atomic E-state index is 11.6. The molecule has 1 aromatic rings. The van der Waals surface area contributed by atoms with Crippen molar-refractivity contribution in [3.8, 4) is 0 Å². The minimum Gasteiger partial charge on any atom is -0.472 e. The summed E-state index contributed by atoms with van der Waals surface area (Å²) in [5.74, 6) is 0.163. The number of rotatable bonds is 3. The molecule has 13 heavy (non-hydrogen) atoms. The van der Waals surface area contributed by atoms with E-state index in [1.54, 1.807) is 6.07 Å². The van der Waals surface area contributed by atoms with Crippen LogP contribution in [0.3, 0.4) is 0 Å². The van der Waals surface area contributed by atoms with E-state index in [1.165, 1.54) is 25.4 Å². The van der Waals surface area contributed by atoms with Gasteiger partial charge in [0.1, 0.15) is 6.26 Å². The van der Waals surface area contributed by atoms with Crippen molar-refractivity contribution < 1.29 is 9.21 Å².